The summed E-state index contributed by atoms with van der Waals surface area (Å²) in [5.74, 6) is 2.32. The van der Waals surface area contributed by atoms with E-state index in [-0.39, 0.29) is 5.92 Å². The summed E-state index contributed by atoms with van der Waals surface area (Å²) >= 11 is 1.80. The molecule has 20 heavy (non-hydrogen) atoms. The van der Waals surface area contributed by atoms with E-state index < -0.39 is 0 Å². The van der Waals surface area contributed by atoms with Gasteiger partial charge in [0.05, 0.1) is 5.92 Å². The zero-order valence-electron chi connectivity index (χ0n) is 11.9. The summed E-state index contributed by atoms with van der Waals surface area (Å²) in [5.41, 5.74) is 7.06. The second-order valence-corrected chi connectivity index (χ2v) is 7.01. The number of hydrogen-bond acceptors (Lipinski definition) is 3. The van der Waals surface area contributed by atoms with Gasteiger partial charge in [0.1, 0.15) is 0 Å². The monoisotopic (exact) mass is 290 g/mol. The highest BCUT2D eigenvalue weighted by Crippen LogP contribution is 2.40. The fraction of sp³-hybridized carbons (Fsp3) is 0.562. The lowest BCUT2D eigenvalue weighted by Crippen LogP contribution is -2.47. The van der Waals surface area contributed by atoms with Crippen LogP contribution in [-0.4, -0.2) is 36.2 Å². The molecule has 2 N–H and O–H groups in total. The molecule has 1 fully saturated rings. The summed E-state index contributed by atoms with van der Waals surface area (Å²) < 4.78 is 0. The second-order valence-electron chi connectivity index (χ2n) is 5.95. The van der Waals surface area contributed by atoms with E-state index in [9.17, 15) is 4.79 Å². The molecule has 0 aliphatic carbocycles. The lowest BCUT2D eigenvalue weighted by Gasteiger charge is -2.37. The van der Waals surface area contributed by atoms with Gasteiger partial charge in [0, 0.05) is 23.7 Å². The highest BCUT2D eigenvalue weighted by Gasteiger charge is 2.35. The first-order valence-corrected chi connectivity index (χ1v) is 8.40. The summed E-state index contributed by atoms with van der Waals surface area (Å²) in [5, 5.41) is 0. The van der Waals surface area contributed by atoms with Crippen LogP contribution in [-0.2, 0) is 4.79 Å². The number of amides is 1. The van der Waals surface area contributed by atoms with E-state index in [0.29, 0.717) is 24.3 Å². The normalized spacial score (nSPS) is 29.3. The van der Waals surface area contributed by atoms with Gasteiger partial charge in [-0.15, -0.1) is 11.8 Å². The van der Waals surface area contributed by atoms with Gasteiger partial charge in [0.25, 0.3) is 0 Å². The van der Waals surface area contributed by atoms with Gasteiger partial charge in [-0.1, -0.05) is 25.1 Å². The SMILES string of the molecule is CC1CCN(C(=O)C2CSc3ccccc32)CC1CN. The lowest BCUT2D eigenvalue weighted by atomic mass is 9.86. The summed E-state index contributed by atoms with van der Waals surface area (Å²) in [6.07, 6.45) is 1.08. The zero-order chi connectivity index (χ0) is 14.1. The lowest BCUT2D eigenvalue weighted by molar-refractivity contribution is -0.134. The van der Waals surface area contributed by atoms with Crippen molar-refractivity contribution >= 4 is 17.7 Å². The molecule has 2 aliphatic rings. The Hall–Kier alpha value is -1.00. The van der Waals surface area contributed by atoms with Crippen LogP contribution in [0, 0.1) is 11.8 Å². The highest BCUT2D eigenvalue weighted by atomic mass is 32.2. The Morgan fingerprint density at radius 3 is 3.05 bits per heavy atom. The van der Waals surface area contributed by atoms with Crippen molar-refractivity contribution < 1.29 is 4.79 Å². The van der Waals surface area contributed by atoms with Gasteiger partial charge >= 0.3 is 0 Å². The maximum Gasteiger partial charge on any atom is 0.231 e. The van der Waals surface area contributed by atoms with Crippen molar-refractivity contribution in [2.45, 2.75) is 24.2 Å². The number of nitrogens with two attached hydrogens (primary N) is 1. The van der Waals surface area contributed by atoms with Crippen LogP contribution in [0.5, 0.6) is 0 Å². The van der Waals surface area contributed by atoms with Crippen molar-refractivity contribution in [1.29, 1.82) is 0 Å². The number of rotatable bonds is 2. The van der Waals surface area contributed by atoms with Crippen LogP contribution in [0.4, 0.5) is 0 Å². The van der Waals surface area contributed by atoms with Gasteiger partial charge in [0.2, 0.25) is 5.91 Å². The average Bonchev–Trinajstić information content (AvgIpc) is 2.91. The number of carbonyl (C=O) groups excluding carboxylic acids is 1. The van der Waals surface area contributed by atoms with E-state index in [0.717, 1.165) is 25.3 Å². The topological polar surface area (TPSA) is 46.3 Å². The van der Waals surface area contributed by atoms with Crippen molar-refractivity contribution in [3.8, 4) is 0 Å². The van der Waals surface area contributed by atoms with Crippen LogP contribution in [0.15, 0.2) is 29.2 Å². The van der Waals surface area contributed by atoms with Crippen molar-refractivity contribution in [3.05, 3.63) is 29.8 Å². The Labute approximate surface area is 124 Å². The number of likely N-dealkylation sites (tertiary alicyclic amines) is 1. The van der Waals surface area contributed by atoms with Crippen LogP contribution in [0.25, 0.3) is 0 Å². The molecule has 4 heteroatoms. The van der Waals surface area contributed by atoms with Gasteiger partial charge in [-0.3, -0.25) is 4.79 Å². The molecule has 2 aliphatic heterocycles. The number of fused-ring (bicyclic) bond motifs is 1. The molecule has 0 bridgehead atoms. The minimum Gasteiger partial charge on any atom is -0.342 e. The highest BCUT2D eigenvalue weighted by molar-refractivity contribution is 7.99. The Bertz CT molecular complexity index is 505. The first-order chi connectivity index (χ1) is 9.70. The summed E-state index contributed by atoms with van der Waals surface area (Å²) in [6, 6.07) is 8.30. The first kappa shape index (κ1) is 14.0. The standard InChI is InChI=1S/C16H22N2OS/c1-11-6-7-18(9-12(11)8-17)16(19)14-10-20-15-5-3-2-4-13(14)15/h2-5,11-12,14H,6-10,17H2,1H3. The number of nitrogens with zero attached hydrogens (tertiary/aromatic N) is 1. The number of hydrogen-bond donors (Lipinski definition) is 1. The summed E-state index contributed by atoms with van der Waals surface area (Å²) in [4.78, 5) is 16.1. The van der Waals surface area contributed by atoms with Crippen LogP contribution in [0.3, 0.4) is 0 Å². The third-order valence-corrected chi connectivity index (χ3v) is 5.91. The largest absolute Gasteiger partial charge is 0.342 e. The maximum absolute atomic E-state index is 12.8. The predicted molar refractivity (Wildman–Crippen MR) is 82.8 cm³/mol. The molecule has 1 aromatic carbocycles. The third kappa shape index (κ3) is 2.47. The molecule has 3 atom stereocenters. The molecule has 1 amide bonds. The van der Waals surface area contributed by atoms with Crippen molar-refractivity contribution in [2.24, 2.45) is 17.6 Å². The summed E-state index contributed by atoms with van der Waals surface area (Å²) in [7, 11) is 0. The van der Waals surface area contributed by atoms with Crippen molar-refractivity contribution in [3.63, 3.8) is 0 Å². The molecule has 0 radical (unpaired) electrons. The van der Waals surface area contributed by atoms with Crippen molar-refractivity contribution in [2.75, 3.05) is 25.4 Å². The van der Waals surface area contributed by atoms with E-state index in [1.54, 1.807) is 11.8 Å². The molecule has 0 spiro atoms. The van der Waals surface area contributed by atoms with Crippen LogP contribution in [0.1, 0.15) is 24.8 Å². The second kappa shape index (κ2) is 5.78. The molecular weight excluding hydrogens is 268 g/mol. The fourth-order valence-corrected chi connectivity index (χ4v) is 4.46. The Balaban J connectivity index is 1.74. The summed E-state index contributed by atoms with van der Waals surface area (Å²) in [6.45, 7) is 4.65. The predicted octanol–water partition coefficient (Wildman–Crippen LogP) is 2.32. The van der Waals surface area contributed by atoms with Gasteiger partial charge in [-0.2, -0.15) is 0 Å². The molecule has 3 nitrogen and oxygen atoms in total. The van der Waals surface area contributed by atoms with Crippen molar-refractivity contribution in [1.82, 2.24) is 4.90 Å². The van der Waals surface area contributed by atoms with E-state index >= 15 is 0 Å². The van der Waals surface area contributed by atoms with Gasteiger partial charge in [-0.25, -0.2) is 0 Å². The fourth-order valence-electron chi connectivity index (χ4n) is 3.24. The van der Waals surface area contributed by atoms with Gasteiger partial charge < -0.3 is 10.6 Å². The molecule has 1 aromatic rings. The van der Waals surface area contributed by atoms with E-state index in [1.807, 2.05) is 17.0 Å². The Kier molecular flexibility index (Phi) is 4.03. The van der Waals surface area contributed by atoms with Crippen LogP contribution in [0.2, 0.25) is 0 Å². The molecule has 0 saturated carbocycles. The average molecular weight is 290 g/mol. The number of piperidine rings is 1. The van der Waals surface area contributed by atoms with Gasteiger partial charge in [-0.05, 0) is 36.4 Å². The van der Waals surface area contributed by atoms with E-state index in [4.69, 9.17) is 5.73 Å². The number of benzene rings is 1. The molecule has 108 valence electrons. The molecule has 0 aromatic heterocycles. The first-order valence-electron chi connectivity index (χ1n) is 7.41. The zero-order valence-corrected chi connectivity index (χ0v) is 12.7. The molecule has 1 saturated heterocycles. The minimum absolute atomic E-state index is 0.0445. The number of carbonyl (C=O) groups is 1. The molecular formula is C16H22N2OS. The van der Waals surface area contributed by atoms with Crippen LogP contribution >= 0.6 is 11.8 Å². The molecule has 3 rings (SSSR count). The maximum atomic E-state index is 12.8. The Morgan fingerprint density at radius 1 is 1.45 bits per heavy atom. The number of thioether (sulfide) groups is 1. The Morgan fingerprint density at radius 2 is 2.25 bits per heavy atom. The van der Waals surface area contributed by atoms with E-state index in [1.165, 1.54) is 10.5 Å². The molecule has 2 heterocycles. The smallest absolute Gasteiger partial charge is 0.231 e. The van der Waals surface area contributed by atoms with E-state index in [2.05, 4.69) is 19.1 Å². The van der Waals surface area contributed by atoms with Gasteiger partial charge in [0.15, 0.2) is 0 Å². The third-order valence-electron chi connectivity index (χ3n) is 4.73. The van der Waals surface area contributed by atoms with Crippen LogP contribution < -0.4 is 5.73 Å². The quantitative estimate of drug-likeness (QED) is 0.909. The molecule has 3 unspecified atom stereocenters. The minimum atomic E-state index is 0.0445.